The van der Waals surface area contributed by atoms with Gasteiger partial charge in [-0.15, -0.1) is 23.1 Å². The zero-order valence-corrected chi connectivity index (χ0v) is 17.5. The van der Waals surface area contributed by atoms with Gasteiger partial charge in [0, 0.05) is 16.0 Å². The second-order valence-electron chi connectivity index (χ2n) is 5.88. The fraction of sp³-hybridized carbons (Fsp3) is 0.150. The number of para-hydroxylation sites is 2. The normalized spacial score (nSPS) is 10.3. The maximum atomic E-state index is 12.3. The summed E-state index contributed by atoms with van der Waals surface area (Å²) in [6.45, 7) is 0. The number of ether oxygens (including phenoxy) is 1. The Morgan fingerprint density at radius 2 is 1.93 bits per heavy atom. The van der Waals surface area contributed by atoms with Crippen LogP contribution < -0.4 is 20.7 Å². The molecular weight excluding hydrogens is 408 g/mol. The second kappa shape index (κ2) is 9.94. The van der Waals surface area contributed by atoms with Crippen molar-refractivity contribution in [3.05, 3.63) is 59.6 Å². The summed E-state index contributed by atoms with van der Waals surface area (Å²) >= 11 is 2.86. The third-order valence-electron chi connectivity index (χ3n) is 3.82. The fourth-order valence-corrected chi connectivity index (χ4v) is 3.68. The maximum absolute atomic E-state index is 12.3. The van der Waals surface area contributed by atoms with Gasteiger partial charge in [-0.05, 0) is 36.6 Å². The number of thioether (sulfide) groups is 1. The van der Waals surface area contributed by atoms with Crippen molar-refractivity contribution in [2.75, 3.05) is 29.3 Å². The Bertz CT molecular complexity index is 1010. The minimum atomic E-state index is -0.436. The van der Waals surface area contributed by atoms with E-state index < -0.39 is 6.03 Å². The summed E-state index contributed by atoms with van der Waals surface area (Å²) in [4.78, 5) is 29.8. The topological polar surface area (TPSA) is 92.3 Å². The SMILES string of the molecule is COc1ccccc1NC(=O)Nc1nc(CC(=O)Nc2cccc(SC)c2)cs1. The fourth-order valence-electron chi connectivity index (χ4n) is 2.51. The minimum Gasteiger partial charge on any atom is -0.495 e. The number of hydrogen-bond acceptors (Lipinski definition) is 6. The lowest BCUT2D eigenvalue weighted by molar-refractivity contribution is -0.115. The molecule has 1 aromatic heterocycles. The number of urea groups is 1. The van der Waals surface area contributed by atoms with Crippen LogP contribution in [0.2, 0.25) is 0 Å². The van der Waals surface area contributed by atoms with Gasteiger partial charge >= 0.3 is 6.03 Å². The van der Waals surface area contributed by atoms with Gasteiger partial charge < -0.3 is 15.4 Å². The summed E-state index contributed by atoms with van der Waals surface area (Å²) in [5.74, 6) is 0.392. The first-order chi connectivity index (χ1) is 14.1. The summed E-state index contributed by atoms with van der Waals surface area (Å²) in [6.07, 6.45) is 2.10. The van der Waals surface area contributed by atoms with Crippen molar-refractivity contribution in [3.8, 4) is 5.75 Å². The molecule has 7 nitrogen and oxygen atoms in total. The van der Waals surface area contributed by atoms with E-state index in [1.165, 1.54) is 18.4 Å². The zero-order chi connectivity index (χ0) is 20.6. The highest BCUT2D eigenvalue weighted by atomic mass is 32.2. The van der Waals surface area contributed by atoms with E-state index in [1.54, 1.807) is 35.3 Å². The van der Waals surface area contributed by atoms with Crippen LogP contribution in [0.5, 0.6) is 5.75 Å². The minimum absolute atomic E-state index is 0.121. The summed E-state index contributed by atoms with van der Waals surface area (Å²) in [7, 11) is 1.54. The Balaban J connectivity index is 1.54. The molecule has 0 aliphatic rings. The molecule has 0 unspecified atom stereocenters. The Morgan fingerprint density at radius 3 is 2.72 bits per heavy atom. The predicted molar refractivity (Wildman–Crippen MR) is 118 cm³/mol. The van der Waals surface area contributed by atoms with E-state index in [1.807, 2.05) is 36.6 Å². The number of amides is 3. The molecule has 0 spiro atoms. The van der Waals surface area contributed by atoms with Crippen molar-refractivity contribution in [2.45, 2.75) is 11.3 Å². The lowest BCUT2D eigenvalue weighted by atomic mass is 10.3. The van der Waals surface area contributed by atoms with Crippen LogP contribution in [0.4, 0.5) is 21.3 Å². The van der Waals surface area contributed by atoms with Gasteiger partial charge in [-0.3, -0.25) is 10.1 Å². The summed E-state index contributed by atoms with van der Waals surface area (Å²) in [6, 6.07) is 14.3. The Kier molecular flexibility index (Phi) is 7.09. The molecule has 29 heavy (non-hydrogen) atoms. The van der Waals surface area contributed by atoms with Crippen molar-refractivity contribution in [3.63, 3.8) is 0 Å². The van der Waals surface area contributed by atoms with Crippen LogP contribution in [0.1, 0.15) is 5.69 Å². The standard InChI is InChI=1S/C20H20N4O3S2/c1-27-17-9-4-3-8-16(17)23-19(26)24-20-22-14(12-29-20)11-18(25)21-13-6-5-7-15(10-13)28-2/h3-10,12H,11H2,1-2H3,(H,21,25)(H2,22,23,24,26). The molecule has 3 aromatic rings. The number of nitrogens with one attached hydrogen (secondary N) is 3. The number of aromatic nitrogens is 1. The Labute approximate surface area is 176 Å². The van der Waals surface area contributed by atoms with Crippen molar-refractivity contribution >= 4 is 51.5 Å². The highest BCUT2D eigenvalue weighted by molar-refractivity contribution is 7.98. The number of hydrogen-bond donors (Lipinski definition) is 3. The first-order valence-corrected chi connectivity index (χ1v) is 10.8. The number of thiazole rings is 1. The van der Waals surface area contributed by atoms with Crippen LogP contribution in [0.15, 0.2) is 58.8 Å². The molecule has 0 fully saturated rings. The van der Waals surface area contributed by atoms with Gasteiger partial charge in [0.25, 0.3) is 0 Å². The van der Waals surface area contributed by atoms with Gasteiger partial charge in [-0.2, -0.15) is 0 Å². The van der Waals surface area contributed by atoms with Gasteiger partial charge in [-0.25, -0.2) is 9.78 Å². The molecule has 0 aliphatic heterocycles. The average molecular weight is 429 g/mol. The van der Waals surface area contributed by atoms with E-state index in [-0.39, 0.29) is 12.3 Å². The Morgan fingerprint density at radius 1 is 1.10 bits per heavy atom. The molecule has 0 saturated carbocycles. The number of nitrogens with zero attached hydrogens (tertiary/aromatic N) is 1. The van der Waals surface area contributed by atoms with E-state index in [0.29, 0.717) is 22.3 Å². The molecule has 3 amide bonds. The lowest BCUT2D eigenvalue weighted by Gasteiger charge is -2.09. The first kappa shape index (κ1) is 20.7. The van der Waals surface area contributed by atoms with E-state index >= 15 is 0 Å². The molecule has 0 atom stereocenters. The van der Waals surface area contributed by atoms with Gasteiger partial charge in [0.2, 0.25) is 5.91 Å². The molecule has 9 heteroatoms. The molecule has 2 aromatic carbocycles. The van der Waals surface area contributed by atoms with Gasteiger partial charge in [-0.1, -0.05) is 18.2 Å². The highest BCUT2D eigenvalue weighted by Crippen LogP contribution is 2.24. The number of carbonyl (C=O) groups is 2. The number of anilines is 3. The molecule has 1 heterocycles. The van der Waals surface area contributed by atoms with Crippen LogP contribution in [0.25, 0.3) is 0 Å². The van der Waals surface area contributed by atoms with Crippen LogP contribution in [0, 0.1) is 0 Å². The van der Waals surface area contributed by atoms with Crippen LogP contribution in [0.3, 0.4) is 0 Å². The Hall–Kier alpha value is -3.04. The van der Waals surface area contributed by atoms with Gasteiger partial charge in [0.1, 0.15) is 5.75 Å². The quantitative estimate of drug-likeness (QED) is 0.475. The van der Waals surface area contributed by atoms with E-state index in [0.717, 1.165) is 10.6 Å². The van der Waals surface area contributed by atoms with E-state index in [4.69, 9.17) is 4.74 Å². The third kappa shape index (κ3) is 5.97. The molecule has 0 saturated heterocycles. The molecule has 3 rings (SSSR count). The molecule has 0 aliphatic carbocycles. The van der Waals surface area contributed by atoms with Gasteiger partial charge in [0.05, 0.1) is 24.9 Å². The summed E-state index contributed by atoms with van der Waals surface area (Å²) < 4.78 is 5.21. The molecule has 0 radical (unpaired) electrons. The number of rotatable bonds is 7. The molecule has 150 valence electrons. The van der Waals surface area contributed by atoms with E-state index in [2.05, 4.69) is 20.9 Å². The summed E-state index contributed by atoms with van der Waals surface area (Å²) in [5, 5.41) is 10.4. The molecule has 0 bridgehead atoms. The van der Waals surface area contributed by atoms with Crippen molar-refractivity contribution in [1.82, 2.24) is 4.98 Å². The average Bonchev–Trinajstić information content (AvgIpc) is 3.14. The van der Waals surface area contributed by atoms with Crippen molar-refractivity contribution in [2.24, 2.45) is 0 Å². The van der Waals surface area contributed by atoms with Crippen molar-refractivity contribution in [1.29, 1.82) is 0 Å². The van der Waals surface area contributed by atoms with Crippen LogP contribution in [-0.2, 0) is 11.2 Å². The highest BCUT2D eigenvalue weighted by Gasteiger charge is 2.12. The van der Waals surface area contributed by atoms with Gasteiger partial charge in [0.15, 0.2) is 5.13 Å². The molecule has 3 N–H and O–H groups in total. The second-order valence-corrected chi connectivity index (χ2v) is 7.62. The first-order valence-electron chi connectivity index (χ1n) is 8.66. The smallest absolute Gasteiger partial charge is 0.325 e. The largest absolute Gasteiger partial charge is 0.495 e. The maximum Gasteiger partial charge on any atom is 0.325 e. The lowest BCUT2D eigenvalue weighted by Crippen LogP contribution is -2.20. The number of benzene rings is 2. The number of carbonyl (C=O) groups excluding carboxylic acids is 2. The monoisotopic (exact) mass is 428 g/mol. The molecular formula is C20H20N4O3S2. The zero-order valence-electron chi connectivity index (χ0n) is 15.9. The predicted octanol–water partition coefficient (Wildman–Crippen LogP) is 4.70. The van der Waals surface area contributed by atoms with Crippen LogP contribution in [-0.4, -0.2) is 30.3 Å². The van der Waals surface area contributed by atoms with Crippen molar-refractivity contribution < 1.29 is 14.3 Å². The van der Waals surface area contributed by atoms with E-state index in [9.17, 15) is 9.59 Å². The van der Waals surface area contributed by atoms with Crippen LogP contribution >= 0.6 is 23.1 Å². The third-order valence-corrected chi connectivity index (χ3v) is 5.35. The number of methoxy groups -OCH3 is 1. The summed E-state index contributed by atoms with van der Waals surface area (Å²) in [5.41, 5.74) is 1.88.